The zero-order valence-corrected chi connectivity index (χ0v) is 19.2. The highest BCUT2D eigenvalue weighted by atomic mass is 35.5. The molecular formula is C24H27ClN6O. The van der Waals surface area contributed by atoms with Crippen LogP contribution in [0.15, 0.2) is 42.6 Å². The van der Waals surface area contributed by atoms with Gasteiger partial charge in [-0.1, -0.05) is 31.5 Å². The standard InChI is InChI=1S/C24H27ClN6O/c1-16(2)24(32)30-14-18-13-19(25)6-7-20(18)31-22(15-30)27-28-23(31)17-8-11-29(12-9-17)21-5-3-4-10-26-21/h3-7,10,13,16-17H,8-9,11-12,14-15H2,1-2H3. The van der Waals surface area contributed by atoms with E-state index in [1.165, 1.54) is 0 Å². The molecule has 0 saturated carbocycles. The summed E-state index contributed by atoms with van der Waals surface area (Å²) in [5.74, 6) is 3.13. The first-order valence-corrected chi connectivity index (χ1v) is 11.6. The van der Waals surface area contributed by atoms with Gasteiger partial charge in [0.2, 0.25) is 5.91 Å². The fourth-order valence-corrected chi connectivity index (χ4v) is 4.91. The van der Waals surface area contributed by atoms with Gasteiger partial charge in [-0.25, -0.2) is 4.98 Å². The highest BCUT2D eigenvalue weighted by Gasteiger charge is 2.31. The largest absolute Gasteiger partial charge is 0.357 e. The number of carbonyl (C=O) groups excluding carboxylic acids is 1. The topological polar surface area (TPSA) is 67.2 Å². The van der Waals surface area contributed by atoms with Crippen molar-refractivity contribution in [2.75, 3.05) is 18.0 Å². The van der Waals surface area contributed by atoms with Crippen molar-refractivity contribution in [3.05, 3.63) is 64.8 Å². The van der Waals surface area contributed by atoms with Crippen molar-refractivity contribution >= 4 is 23.3 Å². The number of anilines is 1. The maximum Gasteiger partial charge on any atom is 0.225 e. The summed E-state index contributed by atoms with van der Waals surface area (Å²) < 4.78 is 2.17. The number of hydrogen-bond acceptors (Lipinski definition) is 5. The number of nitrogens with zero attached hydrogens (tertiary/aromatic N) is 6. The molecule has 1 aromatic carbocycles. The van der Waals surface area contributed by atoms with Gasteiger partial charge in [0, 0.05) is 42.7 Å². The maximum atomic E-state index is 12.9. The van der Waals surface area contributed by atoms with Crippen LogP contribution in [-0.2, 0) is 17.9 Å². The Kier molecular flexibility index (Phi) is 5.59. The third-order valence-corrected chi connectivity index (χ3v) is 6.61. The van der Waals surface area contributed by atoms with Gasteiger partial charge in [-0.05, 0) is 48.7 Å². The lowest BCUT2D eigenvalue weighted by Gasteiger charge is -2.32. The van der Waals surface area contributed by atoms with E-state index in [0.29, 0.717) is 24.0 Å². The van der Waals surface area contributed by atoms with Gasteiger partial charge >= 0.3 is 0 Å². The van der Waals surface area contributed by atoms with Crippen molar-refractivity contribution < 1.29 is 4.79 Å². The second kappa shape index (κ2) is 8.54. The lowest BCUT2D eigenvalue weighted by atomic mass is 9.95. The van der Waals surface area contributed by atoms with E-state index in [9.17, 15) is 4.79 Å². The Morgan fingerprint density at radius 1 is 1.09 bits per heavy atom. The molecule has 4 heterocycles. The second-order valence-electron chi connectivity index (χ2n) is 8.88. The SMILES string of the molecule is CC(C)C(=O)N1Cc2cc(Cl)ccc2-n2c(nnc2C2CCN(c3ccccn3)CC2)C1. The van der Waals surface area contributed by atoms with Crippen LogP contribution in [0.4, 0.5) is 5.82 Å². The van der Waals surface area contributed by atoms with Gasteiger partial charge < -0.3 is 9.80 Å². The smallest absolute Gasteiger partial charge is 0.225 e. The summed E-state index contributed by atoms with van der Waals surface area (Å²) in [6.45, 7) is 6.68. The Labute approximate surface area is 193 Å². The van der Waals surface area contributed by atoms with Gasteiger partial charge in [0.1, 0.15) is 11.6 Å². The number of piperidine rings is 1. The van der Waals surface area contributed by atoms with Crippen LogP contribution in [0.5, 0.6) is 0 Å². The molecule has 2 aliphatic heterocycles. The minimum atomic E-state index is -0.0810. The molecule has 5 rings (SSSR count). The van der Waals surface area contributed by atoms with Crippen molar-refractivity contribution in [2.45, 2.75) is 45.7 Å². The van der Waals surface area contributed by atoms with Crippen molar-refractivity contribution in [3.63, 3.8) is 0 Å². The molecule has 8 heteroatoms. The molecule has 32 heavy (non-hydrogen) atoms. The minimum Gasteiger partial charge on any atom is -0.357 e. The Morgan fingerprint density at radius 3 is 2.62 bits per heavy atom. The molecule has 0 spiro atoms. The molecule has 2 aromatic heterocycles. The first-order chi connectivity index (χ1) is 15.5. The predicted octanol–water partition coefficient (Wildman–Crippen LogP) is 4.20. The molecule has 0 N–H and O–H groups in total. The molecule has 2 aliphatic rings. The van der Waals surface area contributed by atoms with E-state index in [1.54, 1.807) is 0 Å². The van der Waals surface area contributed by atoms with Crippen LogP contribution in [-0.4, -0.2) is 43.6 Å². The predicted molar refractivity (Wildman–Crippen MR) is 124 cm³/mol. The summed E-state index contributed by atoms with van der Waals surface area (Å²) in [7, 11) is 0. The molecule has 0 radical (unpaired) electrons. The Hall–Kier alpha value is -2.93. The summed E-state index contributed by atoms with van der Waals surface area (Å²) in [4.78, 5) is 21.5. The van der Waals surface area contributed by atoms with E-state index in [0.717, 1.165) is 54.6 Å². The van der Waals surface area contributed by atoms with Crippen LogP contribution in [0.2, 0.25) is 5.02 Å². The summed E-state index contributed by atoms with van der Waals surface area (Å²) in [5, 5.41) is 9.84. The fourth-order valence-electron chi connectivity index (χ4n) is 4.72. The summed E-state index contributed by atoms with van der Waals surface area (Å²) in [6.07, 6.45) is 3.80. The quantitative estimate of drug-likeness (QED) is 0.598. The van der Waals surface area contributed by atoms with E-state index >= 15 is 0 Å². The van der Waals surface area contributed by atoms with Gasteiger partial charge in [0.15, 0.2) is 5.82 Å². The Balaban J connectivity index is 1.47. The zero-order chi connectivity index (χ0) is 22.2. The van der Waals surface area contributed by atoms with Gasteiger partial charge in [-0.3, -0.25) is 9.36 Å². The number of fused-ring (bicyclic) bond motifs is 3. The molecule has 1 fully saturated rings. The fraction of sp³-hybridized carbons (Fsp3) is 0.417. The highest BCUT2D eigenvalue weighted by molar-refractivity contribution is 6.30. The van der Waals surface area contributed by atoms with Crippen molar-refractivity contribution in [2.24, 2.45) is 5.92 Å². The number of benzene rings is 1. The molecular weight excluding hydrogens is 424 g/mol. The molecule has 1 saturated heterocycles. The van der Waals surface area contributed by atoms with E-state index in [4.69, 9.17) is 11.6 Å². The van der Waals surface area contributed by atoms with Crippen molar-refractivity contribution in [1.82, 2.24) is 24.6 Å². The van der Waals surface area contributed by atoms with Gasteiger partial charge in [-0.15, -0.1) is 10.2 Å². The van der Waals surface area contributed by atoms with Crippen LogP contribution in [0, 0.1) is 5.92 Å². The van der Waals surface area contributed by atoms with E-state index < -0.39 is 0 Å². The normalized spacial score (nSPS) is 16.6. The van der Waals surface area contributed by atoms with E-state index in [-0.39, 0.29) is 11.8 Å². The second-order valence-corrected chi connectivity index (χ2v) is 9.32. The van der Waals surface area contributed by atoms with E-state index in [1.807, 2.05) is 55.3 Å². The monoisotopic (exact) mass is 450 g/mol. The highest BCUT2D eigenvalue weighted by Crippen LogP contribution is 2.34. The van der Waals surface area contributed by atoms with Crippen LogP contribution >= 0.6 is 11.6 Å². The van der Waals surface area contributed by atoms with Crippen LogP contribution in [0.25, 0.3) is 5.69 Å². The number of hydrogen-bond donors (Lipinski definition) is 0. The molecule has 0 aliphatic carbocycles. The first kappa shape index (κ1) is 20.9. The molecule has 0 atom stereocenters. The number of carbonyl (C=O) groups is 1. The van der Waals surface area contributed by atoms with Crippen molar-refractivity contribution in [3.8, 4) is 5.69 Å². The average molecular weight is 451 g/mol. The van der Waals surface area contributed by atoms with Crippen LogP contribution < -0.4 is 4.90 Å². The van der Waals surface area contributed by atoms with Gasteiger partial charge in [-0.2, -0.15) is 0 Å². The molecule has 7 nitrogen and oxygen atoms in total. The van der Waals surface area contributed by atoms with Gasteiger partial charge in [0.25, 0.3) is 0 Å². The number of amides is 1. The first-order valence-electron chi connectivity index (χ1n) is 11.2. The summed E-state index contributed by atoms with van der Waals surface area (Å²) in [6, 6.07) is 11.9. The Morgan fingerprint density at radius 2 is 1.91 bits per heavy atom. The summed E-state index contributed by atoms with van der Waals surface area (Å²) >= 11 is 6.33. The Bertz CT molecular complexity index is 1120. The third-order valence-electron chi connectivity index (χ3n) is 6.37. The molecule has 3 aromatic rings. The minimum absolute atomic E-state index is 0.0810. The van der Waals surface area contributed by atoms with Crippen LogP contribution in [0.3, 0.4) is 0 Å². The van der Waals surface area contributed by atoms with E-state index in [2.05, 4.69) is 30.7 Å². The third kappa shape index (κ3) is 3.86. The number of halogens is 1. The maximum absolute atomic E-state index is 12.9. The number of pyridine rings is 1. The number of rotatable bonds is 3. The summed E-state index contributed by atoms with van der Waals surface area (Å²) in [5.41, 5.74) is 2.05. The van der Waals surface area contributed by atoms with Gasteiger partial charge in [0.05, 0.1) is 12.2 Å². The van der Waals surface area contributed by atoms with Crippen LogP contribution in [0.1, 0.15) is 49.8 Å². The zero-order valence-electron chi connectivity index (χ0n) is 18.4. The lowest BCUT2D eigenvalue weighted by molar-refractivity contribution is -0.135. The van der Waals surface area contributed by atoms with Crippen molar-refractivity contribution in [1.29, 1.82) is 0 Å². The lowest BCUT2D eigenvalue weighted by Crippen LogP contribution is -2.34. The molecule has 1 amide bonds. The molecule has 0 bridgehead atoms. The molecule has 166 valence electrons. The number of aromatic nitrogens is 4. The molecule has 0 unspecified atom stereocenters. The average Bonchev–Trinajstić information content (AvgIpc) is 3.15.